The van der Waals surface area contributed by atoms with E-state index in [-0.39, 0.29) is 24.3 Å². The highest BCUT2D eigenvalue weighted by atomic mass is 16.2. The van der Waals surface area contributed by atoms with Crippen LogP contribution in [0, 0.1) is 0 Å². The van der Waals surface area contributed by atoms with Crippen LogP contribution in [-0.4, -0.2) is 59.1 Å². The summed E-state index contributed by atoms with van der Waals surface area (Å²) in [5.74, 6) is -0.194. The Labute approximate surface area is 165 Å². The molecule has 3 rings (SSSR count). The van der Waals surface area contributed by atoms with Crippen molar-refractivity contribution in [2.75, 3.05) is 20.6 Å². The van der Waals surface area contributed by atoms with Gasteiger partial charge in [-0.05, 0) is 30.2 Å². The average molecular weight is 379 g/mol. The van der Waals surface area contributed by atoms with Crippen LogP contribution in [0.5, 0.6) is 0 Å². The molecule has 1 heterocycles. The smallest absolute Gasteiger partial charge is 0.253 e. The Morgan fingerprint density at radius 1 is 0.964 bits per heavy atom. The van der Waals surface area contributed by atoms with Gasteiger partial charge in [0.05, 0.1) is 0 Å². The van der Waals surface area contributed by atoms with Crippen LogP contribution in [0.4, 0.5) is 0 Å². The van der Waals surface area contributed by atoms with Gasteiger partial charge in [-0.15, -0.1) is 0 Å². The minimum Gasteiger partial charge on any atom is -0.345 e. The fourth-order valence-corrected chi connectivity index (χ4v) is 3.32. The second-order valence-electron chi connectivity index (χ2n) is 7.27. The molecule has 3 amide bonds. The zero-order valence-electron chi connectivity index (χ0n) is 16.5. The van der Waals surface area contributed by atoms with Crippen molar-refractivity contribution < 1.29 is 14.4 Å². The third kappa shape index (κ3) is 4.22. The minimum absolute atomic E-state index is 0.0529. The molecule has 2 aromatic rings. The van der Waals surface area contributed by atoms with Gasteiger partial charge in [0, 0.05) is 32.7 Å². The summed E-state index contributed by atoms with van der Waals surface area (Å²) in [6.45, 7) is 2.63. The van der Waals surface area contributed by atoms with Crippen LogP contribution in [-0.2, 0) is 22.7 Å². The number of hydrogen-bond acceptors (Lipinski definition) is 3. The summed E-state index contributed by atoms with van der Waals surface area (Å²) in [6.07, 6.45) is 0. The van der Waals surface area contributed by atoms with Gasteiger partial charge in [0.15, 0.2) is 0 Å². The Bertz CT molecular complexity index is 862. The number of nitrogens with zero attached hydrogens (tertiary/aromatic N) is 3. The summed E-state index contributed by atoms with van der Waals surface area (Å²) in [4.78, 5) is 42.2. The van der Waals surface area contributed by atoms with Gasteiger partial charge in [-0.3, -0.25) is 14.4 Å². The summed E-state index contributed by atoms with van der Waals surface area (Å²) >= 11 is 0. The number of rotatable bonds is 5. The van der Waals surface area contributed by atoms with E-state index in [4.69, 9.17) is 0 Å². The summed E-state index contributed by atoms with van der Waals surface area (Å²) < 4.78 is 0. The molecule has 6 heteroatoms. The molecule has 1 fully saturated rings. The molecule has 2 aromatic carbocycles. The zero-order valence-corrected chi connectivity index (χ0v) is 16.5. The van der Waals surface area contributed by atoms with Gasteiger partial charge >= 0.3 is 0 Å². The molecule has 0 unspecified atom stereocenters. The maximum Gasteiger partial charge on any atom is 0.253 e. The highest BCUT2D eigenvalue weighted by Gasteiger charge is 2.36. The van der Waals surface area contributed by atoms with Crippen LogP contribution in [0.25, 0.3) is 0 Å². The first-order valence-corrected chi connectivity index (χ1v) is 9.29. The molecule has 0 saturated carbocycles. The van der Waals surface area contributed by atoms with Crippen molar-refractivity contribution in [1.82, 2.24) is 14.7 Å². The van der Waals surface area contributed by atoms with Crippen molar-refractivity contribution in [3.63, 3.8) is 0 Å². The first-order valence-electron chi connectivity index (χ1n) is 9.29. The van der Waals surface area contributed by atoms with Gasteiger partial charge in [0.25, 0.3) is 5.91 Å². The highest BCUT2D eigenvalue weighted by molar-refractivity contribution is 5.95. The van der Waals surface area contributed by atoms with E-state index in [1.54, 1.807) is 43.0 Å². The first-order chi connectivity index (χ1) is 13.4. The monoisotopic (exact) mass is 379 g/mol. The molecule has 1 aliphatic heterocycles. The van der Waals surface area contributed by atoms with Gasteiger partial charge in [0.2, 0.25) is 11.8 Å². The maximum absolute atomic E-state index is 12.8. The van der Waals surface area contributed by atoms with Gasteiger partial charge < -0.3 is 14.7 Å². The lowest BCUT2D eigenvalue weighted by Gasteiger charge is -2.39. The molecular weight excluding hydrogens is 354 g/mol. The van der Waals surface area contributed by atoms with E-state index in [9.17, 15) is 14.4 Å². The fraction of sp³-hybridized carbons (Fsp3) is 0.318. The number of amides is 3. The molecular formula is C22H25N3O3. The Balaban J connectivity index is 1.68. The second-order valence-corrected chi connectivity index (χ2v) is 7.27. The molecule has 0 aliphatic carbocycles. The molecule has 1 atom stereocenters. The van der Waals surface area contributed by atoms with E-state index in [2.05, 4.69) is 0 Å². The molecule has 0 N–H and O–H groups in total. The summed E-state index contributed by atoms with van der Waals surface area (Å²) in [5.41, 5.74) is 2.49. The van der Waals surface area contributed by atoms with E-state index in [1.165, 1.54) is 4.90 Å². The standard InChI is InChI=1S/C22H25N3O3/c1-16-21(27)24(13-17-7-5-4-6-8-17)15-20(26)25(16)14-18-9-11-19(12-10-18)22(28)23(2)3/h4-12,16H,13-15H2,1-3H3/t16-/m0/s1. The highest BCUT2D eigenvalue weighted by Crippen LogP contribution is 2.19. The van der Waals surface area contributed by atoms with Crippen molar-refractivity contribution in [2.45, 2.75) is 26.1 Å². The molecule has 0 aromatic heterocycles. The third-order valence-electron chi connectivity index (χ3n) is 4.96. The molecule has 0 bridgehead atoms. The Morgan fingerprint density at radius 3 is 2.18 bits per heavy atom. The van der Waals surface area contributed by atoms with Gasteiger partial charge in [-0.25, -0.2) is 0 Å². The second kappa shape index (κ2) is 8.25. The van der Waals surface area contributed by atoms with Crippen LogP contribution in [0.15, 0.2) is 54.6 Å². The molecule has 28 heavy (non-hydrogen) atoms. The van der Waals surface area contributed by atoms with Crippen molar-refractivity contribution in [3.05, 3.63) is 71.3 Å². The van der Waals surface area contributed by atoms with Crippen LogP contribution in [0.3, 0.4) is 0 Å². The van der Waals surface area contributed by atoms with Crippen LogP contribution in [0.1, 0.15) is 28.4 Å². The van der Waals surface area contributed by atoms with E-state index in [1.807, 2.05) is 42.5 Å². The van der Waals surface area contributed by atoms with Crippen LogP contribution in [0.2, 0.25) is 0 Å². The Kier molecular flexibility index (Phi) is 5.78. The van der Waals surface area contributed by atoms with E-state index in [0.29, 0.717) is 18.7 Å². The van der Waals surface area contributed by atoms with Crippen molar-refractivity contribution in [3.8, 4) is 0 Å². The predicted molar refractivity (Wildman–Crippen MR) is 106 cm³/mol. The van der Waals surface area contributed by atoms with E-state index in [0.717, 1.165) is 11.1 Å². The van der Waals surface area contributed by atoms with Gasteiger partial charge in [-0.1, -0.05) is 42.5 Å². The number of benzene rings is 2. The summed E-state index contributed by atoms with van der Waals surface area (Å²) in [5, 5.41) is 0. The van der Waals surface area contributed by atoms with Crippen LogP contribution >= 0.6 is 0 Å². The van der Waals surface area contributed by atoms with Crippen LogP contribution < -0.4 is 0 Å². The average Bonchev–Trinajstić information content (AvgIpc) is 2.70. The maximum atomic E-state index is 12.8. The Morgan fingerprint density at radius 2 is 1.57 bits per heavy atom. The van der Waals surface area contributed by atoms with Gasteiger partial charge in [-0.2, -0.15) is 0 Å². The number of hydrogen-bond donors (Lipinski definition) is 0. The predicted octanol–water partition coefficient (Wildman–Crippen LogP) is 2.15. The molecule has 1 aliphatic rings. The number of piperazine rings is 1. The van der Waals surface area contributed by atoms with Gasteiger partial charge in [0.1, 0.15) is 12.6 Å². The first kappa shape index (κ1) is 19.6. The third-order valence-corrected chi connectivity index (χ3v) is 4.96. The lowest BCUT2D eigenvalue weighted by molar-refractivity contribution is -0.156. The fourth-order valence-electron chi connectivity index (χ4n) is 3.32. The quantitative estimate of drug-likeness (QED) is 0.800. The molecule has 0 radical (unpaired) electrons. The molecule has 146 valence electrons. The largest absolute Gasteiger partial charge is 0.345 e. The lowest BCUT2D eigenvalue weighted by Crippen LogP contribution is -2.57. The Hall–Kier alpha value is -3.15. The number of carbonyl (C=O) groups is 3. The molecule has 1 saturated heterocycles. The minimum atomic E-state index is -0.520. The van der Waals surface area contributed by atoms with E-state index >= 15 is 0 Å². The molecule has 6 nitrogen and oxygen atoms in total. The summed E-state index contributed by atoms with van der Waals surface area (Å²) in [7, 11) is 3.41. The normalized spacial score (nSPS) is 17.0. The topological polar surface area (TPSA) is 60.9 Å². The van der Waals surface area contributed by atoms with E-state index < -0.39 is 6.04 Å². The summed E-state index contributed by atoms with van der Waals surface area (Å²) in [6, 6.07) is 16.3. The zero-order chi connectivity index (χ0) is 20.3. The SMILES string of the molecule is C[C@H]1C(=O)N(Cc2ccccc2)CC(=O)N1Cc1ccc(C(=O)N(C)C)cc1. The number of carbonyl (C=O) groups excluding carboxylic acids is 3. The molecule has 0 spiro atoms. The lowest BCUT2D eigenvalue weighted by atomic mass is 10.1. The van der Waals surface area contributed by atoms with Crippen molar-refractivity contribution in [2.24, 2.45) is 0 Å². The van der Waals surface area contributed by atoms with Crippen molar-refractivity contribution >= 4 is 17.7 Å². The van der Waals surface area contributed by atoms with Crippen molar-refractivity contribution in [1.29, 1.82) is 0 Å².